The van der Waals surface area contributed by atoms with Gasteiger partial charge in [0.1, 0.15) is 9.22 Å². The molecule has 1 amide bonds. The molecule has 5 rings (SSSR count). The van der Waals surface area contributed by atoms with Gasteiger partial charge in [-0.1, -0.05) is 18.2 Å². The SMILES string of the molecule is CCN(c1cccc2c1NC(c1ncc(CN3CCNC(=O)C3)s1)C2)S(=O)(=O)c1cccs1. The summed E-state index contributed by atoms with van der Waals surface area (Å²) in [5, 5.41) is 9.14. The molecule has 33 heavy (non-hydrogen) atoms. The molecule has 0 saturated carbocycles. The monoisotopic (exact) mass is 503 g/mol. The number of fused-ring (bicyclic) bond motifs is 1. The number of anilines is 2. The minimum Gasteiger partial charge on any atom is -0.374 e. The predicted octanol–water partition coefficient (Wildman–Crippen LogP) is 3.06. The lowest BCUT2D eigenvalue weighted by Gasteiger charge is -2.25. The number of benzene rings is 1. The number of aromatic nitrogens is 1. The summed E-state index contributed by atoms with van der Waals surface area (Å²) < 4.78 is 28.3. The van der Waals surface area contributed by atoms with Crippen LogP contribution in [0.15, 0.2) is 46.1 Å². The van der Waals surface area contributed by atoms with Gasteiger partial charge in [-0.2, -0.15) is 0 Å². The van der Waals surface area contributed by atoms with Crippen LogP contribution in [0.2, 0.25) is 0 Å². The van der Waals surface area contributed by atoms with E-state index < -0.39 is 10.0 Å². The first-order chi connectivity index (χ1) is 16.0. The second kappa shape index (κ2) is 9.05. The fourth-order valence-electron chi connectivity index (χ4n) is 4.32. The number of rotatable bonds is 7. The van der Waals surface area contributed by atoms with Gasteiger partial charge in [0, 0.05) is 43.7 Å². The molecular formula is C22H25N5O3S3. The van der Waals surface area contributed by atoms with Crippen LogP contribution in [-0.2, 0) is 27.8 Å². The molecule has 1 aromatic carbocycles. The third kappa shape index (κ3) is 4.37. The van der Waals surface area contributed by atoms with Crippen LogP contribution >= 0.6 is 22.7 Å². The van der Waals surface area contributed by atoms with Gasteiger partial charge in [-0.3, -0.25) is 14.0 Å². The van der Waals surface area contributed by atoms with Crippen LogP contribution in [-0.4, -0.2) is 50.4 Å². The van der Waals surface area contributed by atoms with Crippen molar-refractivity contribution in [3.63, 3.8) is 0 Å². The van der Waals surface area contributed by atoms with Crippen LogP contribution < -0.4 is 14.9 Å². The van der Waals surface area contributed by atoms with Crippen LogP contribution in [0.4, 0.5) is 11.4 Å². The van der Waals surface area contributed by atoms with Crippen molar-refractivity contribution in [2.75, 3.05) is 35.8 Å². The van der Waals surface area contributed by atoms with Gasteiger partial charge in [0.05, 0.1) is 24.0 Å². The Labute approximate surface area is 201 Å². The van der Waals surface area contributed by atoms with E-state index in [-0.39, 0.29) is 11.9 Å². The Kier molecular flexibility index (Phi) is 6.12. The summed E-state index contributed by atoms with van der Waals surface area (Å²) in [6, 6.07) is 9.21. The number of carbonyl (C=O) groups is 1. The zero-order valence-electron chi connectivity index (χ0n) is 18.2. The number of piperazine rings is 1. The van der Waals surface area contributed by atoms with E-state index in [2.05, 4.69) is 20.5 Å². The number of para-hydroxylation sites is 1. The van der Waals surface area contributed by atoms with Gasteiger partial charge in [0.15, 0.2) is 0 Å². The Hall–Kier alpha value is -2.47. The van der Waals surface area contributed by atoms with Crippen molar-refractivity contribution >= 4 is 50.0 Å². The minimum absolute atomic E-state index is 0.00676. The van der Waals surface area contributed by atoms with Crippen molar-refractivity contribution in [2.45, 2.75) is 30.1 Å². The highest BCUT2D eigenvalue weighted by Gasteiger charge is 2.32. The molecule has 3 aromatic rings. The fourth-order valence-corrected chi connectivity index (χ4v) is 7.92. The van der Waals surface area contributed by atoms with E-state index in [1.54, 1.807) is 28.8 Å². The minimum atomic E-state index is -3.62. The van der Waals surface area contributed by atoms with Crippen molar-refractivity contribution in [1.29, 1.82) is 0 Å². The highest BCUT2D eigenvalue weighted by molar-refractivity contribution is 7.94. The normalized spacial score (nSPS) is 18.6. The summed E-state index contributed by atoms with van der Waals surface area (Å²) in [5.74, 6) is 0.0596. The molecule has 1 atom stereocenters. The van der Waals surface area contributed by atoms with E-state index in [4.69, 9.17) is 0 Å². The number of hydrogen-bond acceptors (Lipinski definition) is 8. The molecule has 8 nitrogen and oxygen atoms in total. The van der Waals surface area contributed by atoms with Crippen LogP contribution in [0.1, 0.15) is 28.4 Å². The smallest absolute Gasteiger partial charge is 0.273 e. The number of thiophene rings is 1. The van der Waals surface area contributed by atoms with Crippen molar-refractivity contribution in [2.24, 2.45) is 0 Å². The number of carbonyl (C=O) groups excluding carboxylic acids is 1. The average Bonchev–Trinajstić information content (AvgIpc) is 3.55. The third-order valence-electron chi connectivity index (χ3n) is 5.83. The van der Waals surface area contributed by atoms with Gasteiger partial charge >= 0.3 is 0 Å². The summed E-state index contributed by atoms with van der Waals surface area (Å²) >= 11 is 2.87. The van der Waals surface area contributed by atoms with Crippen molar-refractivity contribution in [3.8, 4) is 0 Å². The lowest BCUT2D eigenvalue weighted by molar-refractivity contribution is -0.124. The molecule has 4 heterocycles. The number of nitrogens with one attached hydrogen (secondary N) is 2. The molecule has 1 saturated heterocycles. The summed E-state index contributed by atoms with van der Waals surface area (Å²) in [4.78, 5) is 19.5. The van der Waals surface area contributed by atoms with Gasteiger partial charge in [-0.25, -0.2) is 13.4 Å². The molecule has 2 aliphatic heterocycles. The van der Waals surface area contributed by atoms with Crippen LogP contribution in [0.25, 0.3) is 0 Å². The first-order valence-corrected chi connectivity index (χ1v) is 14.0. The van der Waals surface area contributed by atoms with E-state index in [9.17, 15) is 13.2 Å². The molecule has 0 bridgehead atoms. The Morgan fingerprint density at radius 1 is 1.27 bits per heavy atom. The Balaban J connectivity index is 1.36. The molecule has 174 valence electrons. The summed E-state index contributed by atoms with van der Waals surface area (Å²) in [6.45, 7) is 4.82. The number of hydrogen-bond donors (Lipinski definition) is 2. The van der Waals surface area contributed by atoms with Crippen LogP contribution in [0, 0.1) is 0 Å². The van der Waals surface area contributed by atoms with E-state index in [1.807, 2.05) is 31.3 Å². The van der Waals surface area contributed by atoms with Gasteiger partial charge in [-0.05, 0) is 30.0 Å². The molecule has 0 radical (unpaired) electrons. The summed E-state index contributed by atoms with van der Waals surface area (Å²) in [7, 11) is -3.62. The highest BCUT2D eigenvalue weighted by Crippen LogP contribution is 2.43. The molecule has 0 aliphatic carbocycles. The molecule has 2 N–H and O–H groups in total. The van der Waals surface area contributed by atoms with Gasteiger partial charge < -0.3 is 10.6 Å². The van der Waals surface area contributed by atoms with Crippen molar-refractivity contribution in [3.05, 3.63) is 57.4 Å². The Bertz CT molecular complexity index is 1260. The predicted molar refractivity (Wildman–Crippen MR) is 131 cm³/mol. The number of amides is 1. The molecule has 2 aliphatic rings. The second-order valence-corrected chi connectivity index (χ2v) is 12.2. The van der Waals surface area contributed by atoms with Crippen LogP contribution in [0.3, 0.4) is 0 Å². The zero-order valence-corrected chi connectivity index (χ0v) is 20.6. The number of sulfonamides is 1. The molecule has 1 fully saturated rings. The maximum Gasteiger partial charge on any atom is 0.273 e. The molecule has 0 spiro atoms. The largest absolute Gasteiger partial charge is 0.374 e. The second-order valence-electron chi connectivity index (χ2n) is 8.04. The molecule has 1 unspecified atom stereocenters. The van der Waals surface area contributed by atoms with E-state index in [0.29, 0.717) is 36.1 Å². The maximum absolute atomic E-state index is 13.3. The first kappa shape index (κ1) is 22.3. The summed E-state index contributed by atoms with van der Waals surface area (Å²) in [6.07, 6.45) is 2.64. The van der Waals surface area contributed by atoms with Gasteiger partial charge in [-0.15, -0.1) is 22.7 Å². The number of thiazole rings is 1. The topological polar surface area (TPSA) is 94.6 Å². The average molecular weight is 504 g/mol. The number of nitrogens with zero attached hydrogens (tertiary/aromatic N) is 3. The lowest BCUT2D eigenvalue weighted by Crippen LogP contribution is -2.46. The Morgan fingerprint density at radius 2 is 2.15 bits per heavy atom. The van der Waals surface area contributed by atoms with Gasteiger partial charge in [0.25, 0.3) is 10.0 Å². The fraction of sp³-hybridized carbons (Fsp3) is 0.364. The standard InChI is InChI=1S/C22H25N5O3S3/c1-2-27(33(29,30)20-7-4-10-31-20)18-6-3-5-15-11-17(25-21(15)18)22-24-12-16(32-22)13-26-9-8-23-19(28)14-26/h3-7,10,12,17,25H,2,8-9,11,13-14H2,1H3,(H,23,28). The highest BCUT2D eigenvalue weighted by atomic mass is 32.2. The lowest BCUT2D eigenvalue weighted by atomic mass is 10.1. The van der Waals surface area contributed by atoms with Crippen LogP contribution in [0.5, 0.6) is 0 Å². The van der Waals surface area contributed by atoms with E-state index >= 15 is 0 Å². The molecular weight excluding hydrogens is 478 g/mol. The quantitative estimate of drug-likeness (QED) is 0.515. The maximum atomic E-state index is 13.3. The Morgan fingerprint density at radius 3 is 2.91 bits per heavy atom. The van der Waals surface area contributed by atoms with Crippen molar-refractivity contribution < 1.29 is 13.2 Å². The third-order valence-corrected chi connectivity index (χ3v) is 10.2. The van der Waals surface area contributed by atoms with E-state index in [1.165, 1.54) is 15.6 Å². The van der Waals surface area contributed by atoms with E-state index in [0.717, 1.165) is 34.1 Å². The summed E-state index contributed by atoms with van der Waals surface area (Å²) in [5.41, 5.74) is 2.61. The molecule has 11 heteroatoms. The first-order valence-electron chi connectivity index (χ1n) is 10.8. The zero-order chi connectivity index (χ0) is 23.0. The van der Waals surface area contributed by atoms with Crippen molar-refractivity contribution in [1.82, 2.24) is 15.2 Å². The molecule has 2 aromatic heterocycles. The van der Waals surface area contributed by atoms with Gasteiger partial charge in [0.2, 0.25) is 5.91 Å².